The second kappa shape index (κ2) is 6.02. The summed E-state index contributed by atoms with van der Waals surface area (Å²) < 4.78 is 5.53. The summed E-state index contributed by atoms with van der Waals surface area (Å²) in [6.07, 6.45) is 7.54. The van der Waals surface area contributed by atoms with Crippen molar-refractivity contribution in [2.24, 2.45) is 11.8 Å². The monoisotopic (exact) mass is 280 g/mol. The van der Waals surface area contributed by atoms with E-state index < -0.39 is 0 Å². The minimum absolute atomic E-state index is 0.0639. The molecule has 2 aliphatic heterocycles. The Morgan fingerprint density at radius 2 is 2.05 bits per heavy atom. The van der Waals surface area contributed by atoms with Crippen LogP contribution in [0.3, 0.4) is 0 Å². The Bertz CT molecular complexity index is 342. The number of ether oxygens (including phenoxy) is 1. The van der Waals surface area contributed by atoms with Crippen molar-refractivity contribution >= 4 is 5.91 Å². The SMILES string of the molecule is COC1CN(C(=O)C2CC3CCCCC3N2)CCC1C. The molecule has 5 unspecified atom stereocenters. The van der Waals surface area contributed by atoms with Crippen LogP contribution in [0.5, 0.6) is 0 Å². The van der Waals surface area contributed by atoms with E-state index in [1.807, 2.05) is 4.90 Å². The topological polar surface area (TPSA) is 41.6 Å². The molecule has 0 aromatic carbocycles. The fraction of sp³-hybridized carbons (Fsp3) is 0.938. The van der Waals surface area contributed by atoms with E-state index >= 15 is 0 Å². The van der Waals surface area contributed by atoms with Crippen LogP contribution in [0.1, 0.15) is 45.4 Å². The van der Waals surface area contributed by atoms with Gasteiger partial charge in [0.05, 0.1) is 12.1 Å². The lowest BCUT2D eigenvalue weighted by Crippen LogP contribution is -2.52. The fourth-order valence-corrected chi connectivity index (χ4v) is 4.27. The Hall–Kier alpha value is -0.610. The predicted octanol–water partition coefficient (Wildman–Crippen LogP) is 1.79. The van der Waals surface area contributed by atoms with E-state index in [9.17, 15) is 4.79 Å². The van der Waals surface area contributed by atoms with E-state index in [1.54, 1.807) is 7.11 Å². The maximum atomic E-state index is 12.7. The number of piperidine rings is 1. The van der Waals surface area contributed by atoms with E-state index in [0.29, 0.717) is 17.9 Å². The van der Waals surface area contributed by atoms with Gasteiger partial charge in [-0.3, -0.25) is 4.79 Å². The van der Waals surface area contributed by atoms with Crippen molar-refractivity contribution in [2.75, 3.05) is 20.2 Å². The number of fused-ring (bicyclic) bond motifs is 1. The zero-order chi connectivity index (χ0) is 14.1. The minimum atomic E-state index is 0.0639. The lowest BCUT2D eigenvalue weighted by Gasteiger charge is -2.37. The summed E-state index contributed by atoms with van der Waals surface area (Å²) in [6, 6.07) is 0.661. The number of hydrogen-bond donors (Lipinski definition) is 1. The first-order valence-electron chi connectivity index (χ1n) is 8.26. The lowest BCUT2D eigenvalue weighted by molar-refractivity contribution is -0.138. The highest BCUT2D eigenvalue weighted by molar-refractivity contribution is 5.82. The zero-order valence-electron chi connectivity index (χ0n) is 12.8. The minimum Gasteiger partial charge on any atom is -0.379 e. The van der Waals surface area contributed by atoms with Crippen LogP contribution < -0.4 is 5.32 Å². The number of likely N-dealkylation sites (tertiary alicyclic amines) is 1. The highest BCUT2D eigenvalue weighted by Gasteiger charge is 2.41. The van der Waals surface area contributed by atoms with Gasteiger partial charge in [-0.25, -0.2) is 0 Å². The maximum absolute atomic E-state index is 12.7. The molecule has 1 aliphatic carbocycles. The summed E-state index contributed by atoms with van der Waals surface area (Å²) in [7, 11) is 1.76. The highest BCUT2D eigenvalue weighted by atomic mass is 16.5. The molecule has 2 heterocycles. The van der Waals surface area contributed by atoms with Crippen LogP contribution >= 0.6 is 0 Å². The number of hydrogen-bond acceptors (Lipinski definition) is 3. The normalized spacial score (nSPS) is 41.5. The van der Waals surface area contributed by atoms with Crippen LogP contribution in [0.2, 0.25) is 0 Å². The van der Waals surface area contributed by atoms with Crippen molar-refractivity contribution in [1.29, 1.82) is 0 Å². The van der Waals surface area contributed by atoms with Gasteiger partial charge in [-0.05, 0) is 37.5 Å². The lowest BCUT2D eigenvalue weighted by atomic mass is 9.85. The average Bonchev–Trinajstić information content (AvgIpc) is 2.91. The first-order chi connectivity index (χ1) is 9.69. The number of rotatable bonds is 2. The van der Waals surface area contributed by atoms with Crippen molar-refractivity contribution < 1.29 is 9.53 Å². The zero-order valence-corrected chi connectivity index (χ0v) is 12.8. The smallest absolute Gasteiger partial charge is 0.239 e. The van der Waals surface area contributed by atoms with Crippen molar-refractivity contribution in [2.45, 2.75) is 63.6 Å². The van der Waals surface area contributed by atoms with Gasteiger partial charge < -0.3 is 15.0 Å². The molecule has 4 heteroatoms. The molecule has 0 bridgehead atoms. The molecule has 0 radical (unpaired) electrons. The third kappa shape index (κ3) is 2.73. The molecule has 114 valence electrons. The van der Waals surface area contributed by atoms with Crippen molar-refractivity contribution in [3.8, 4) is 0 Å². The van der Waals surface area contributed by atoms with Gasteiger partial charge in [0.15, 0.2) is 0 Å². The van der Waals surface area contributed by atoms with Gasteiger partial charge >= 0.3 is 0 Å². The van der Waals surface area contributed by atoms with Gasteiger partial charge in [0.25, 0.3) is 0 Å². The van der Waals surface area contributed by atoms with Gasteiger partial charge in [-0.1, -0.05) is 19.8 Å². The Labute approximate surface area is 122 Å². The molecule has 0 aromatic rings. The van der Waals surface area contributed by atoms with E-state index in [1.165, 1.54) is 25.7 Å². The van der Waals surface area contributed by atoms with E-state index in [2.05, 4.69) is 12.2 Å². The summed E-state index contributed by atoms with van der Waals surface area (Å²) in [4.78, 5) is 14.8. The molecule has 3 rings (SSSR count). The highest BCUT2D eigenvalue weighted by Crippen LogP contribution is 2.34. The fourth-order valence-electron chi connectivity index (χ4n) is 4.27. The summed E-state index contributed by atoms with van der Waals surface area (Å²) in [6.45, 7) is 3.88. The third-order valence-corrected chi connectivity index (χ3v) is 5.66. The van der Waals surface area contributed by atoms with Crippen molar-refractivity contribution in [1.82, 2.24) is 10.2 Å². The van der Waals surface area contributed by atoms with Crippen molar-refractivity contribution in [3.63, 3.8) is 0 Å². The van der Waals surface area contributed by atoms with Gasteiger partial charge in [0, 0.05) is 26.2 Å². The summed E-state index contributed by atoms with van der Waals surface area (Å²) in [5.74, 6) is 1.61. The molecule has 1 saturated carbocycles. The second-order valence-electron chi connectivity index (χ2n) is 6.93. The Morgan fingerprint density at radius 1 is 1.25 bits per heavy atom. The second-order valence-corrected chi connectivity index (χ2v) is 6.93. The molecule has 0 aromatic heterocycles. The molecular weight excluding hydrogens is 252 g/mol. The molecular formula is C16H28N2O2. The van der Waals surface area contributed by atoms with Crippen LogP contribution in [0.4, 0.5) is 0 Å². The Morgan fingerprint density at radius 3 is 2.80 bits per heavy atom. The molecule has 0 spiro atoms. The molecule has 3 aliphatic rings. The van der Waals surface area contributed by atoms with Gasteiger partial charge in [0.1, 0.15) is 0 Å². The van der Waals surface area contributed by atoms with Crippen LogP contribution in [0, 0.1) is 11.8 Å². The Kier molecular flexibility index (Phi) is 4.32. The maximum Gasteiger partial charge on any atom is 0.239 e. The number of methoxy groups -OCH3 is 1. The Balaban J connectivity index is 1.59. The summed E-state index contributed by atoms with van der Waals surface area (Å²) >= 11 is 0. The number of nitrogens with one attached hydrogen (secondary N) is 1. The standard InChI is InChI=1S/C16H28N2O2/c1-11-7-8-18(10-15(11)20-2)16(19)14-9-12-5-3-4-6-13(12)17-14/h11-15,17H,3-10H2,1-2H3. The van der Waals surface area contributed by atoms with Crippen LogP contribution in [-0.4, -0.2) is 49.2 Å². The number of carbonyl (C=O) groups excluding carboxylic acids is 1. The predicted molar refractivity (Wildman–Crippen MR) is 78.4 cm³/mol. The molecule has 3 fully saturated rings. The van der Waals surface area contributed by atoms with E-state index in [-0.39, 0.29) is 12.1 Å². The third-order valence-electron chi connectivity index (χ3n) is 5.66. The molecule has 5 atom stereocenters. The van der Waals surface area contributed by atoms with Crippen molar-refractivity contribution in [3.05, 3.63) is 0 Å². The van der Waals surface area contributed by atoms with Crippen LogP contribution in [0.15, 0.2) is 0 Å². The van der Waals surface area contributed by atoms with Crippen LogP contribution in [-0.2, 0) is 9.53 Å². The number of carbonyl (C=O) groups is 1. The summed E-state index contributed by atoms with van der Waals surface area (Å²) in [5.41, 5.74) is 0. The molecule has 2 saturated heterocycles. The molecule has 4 nitrogen and oxygen atoms in total. The summed E-state index contributed by atoms with van der Waals surface area (Å²) in [5, 5.41) is 3.60. The van der Waals surface area contributed by atoms with Gasteiger partial charge in [-0.2, -0.15) is 0 Å². The molecule has 1 N–H and O–H groups in total. The number of amides is 1. The molecule has 1 amide bonds. The average molecular weight is 280 g/mol. The van der Waals surface area contributed by atoms with Gasteiger partial charge in [-0.15, -0.1) is 0 Å². The van der Waals surface area contributed by atoms with E-state index in [4.69, 9.17) is 4.74 Å². The van der Waals surface area contributed by atoms with E-state index in [0.717, 1.165) is 31.8 Å². The van der Waals surface area contributed by atoms with Gasteiger partial charge in [0.2, 0.25) is 5.91 Å². The first kappa shape index (κ1) is 14.3. The quantitative estimate of drug-likeness (QED) is 0.838. The van der Waals surface area contributed by atoms with Crippen LogP contribution in [0.25, 0.3) is 0 Å². The number of nitrogens with zero attached hydrogens (tertiary/aromatic N) is 1. The first-order valence-corrected chi connectivity index (χ1v) is 8.26. The molecule has 20 heavy (non-hydrogen) atoms. The largest absolute Gasteiger partial charge is 0.379 e.